The molecule has 0 aliphatic carbocycles. The highest BCUT2D eigenvalue weighted by molar-refractivity contribution is 7.90. The van der Waals surface area contributed by atoms with E-state index in [0.717, 1.165) is 16.7 Å². The van der Waals surface area contributed by atoms with Crippen molar-refractivity contribution in [3.05, 3.63) is 65.5 Å². The van der Waals surface area contributed by atoms with Crippen molar-refractivity contribution < 1.29 is 12.9 Å². The van der Waals surface area contributed by atoms with Crippen molar-refractivity contribution in [1.29, 1.82) is 0 Å². The monoisotopic (exact) mass is 328 g/mol. The molecule has 1 heterocycles. The summed E-state index contributed by atoms with van der Waals surface area (Å²) in [6.07, 6.45) is 0. The first-order chi connectivity index (χ1) is 10.9. The van der Waals surface area contributed by atoms with Gasteiger partial charge in [-0.1, -0.05) is 46.6 Å². The second kappa shape index (κ2) is 5.96. The molecule has 0 saturated carbocycles. The fourth-order valence-corrected chi connectivity index (χ4v) is 3.37. The summed E-state index contributed by atoms with van der Waals surface area (Å²) in [4.78, 5) is 4.44. The Bertz CT molecular complexity index is 928. The number of aryl methyl sites for hydroxylation is 2. The summed E-state index contributed by atoms with van der Waals surface area (Å²) in [6.45, 7) is 3.87. The van der Waals surface area contributed by atoms with Gasteiger partial charge < -0.3 is 4.52 Å². The third kappa shape index (κ3) is 3.48. The molecule has 23 heavy (non-hydrogen) atoms. The Morgan fingerprint density at radius 3 is 2.43 bits per heavy atom. The van der Waals surface area contributed by atoms with Crippen LogP contribution in [0.3, 0.4) is 0 Å². The first kappa shape index (κ1) is 15.4. The van der Waals surface area contributed by atoms with Gasteiger partial charge in [-0.05, 0) is 32.0 Å². The third-order valence-corrected chi connectivity index (χ3v) is 5.06. The molecule has 0 atom stereocenters. The Kier molecular flexibility index (Phi) is 4.00. The fourth-order valence-electron chi connectivity index (χ4n) is 2.21. The topological polar surface area (TPSA) is 73.1 Å². The van der Waals surface area contributed by atoms with Crippen molar-refractivity contribution in [2.75, 3.05) is 0 Å². The number of benzene rings is 2. The minimum absolute atomic E-state index is 0.0853. The number of nitrogens with zero attached hydrogens (tertiary/aromatic N) is 2. The molecular formula is C17H16N2O3S. The van der Waals surface area contributed by atoms with Crippen molar-refractivity contribution in [3.63, 3.8) is 0 Å². The Morgan fingerprint density at radius 2 is 1.74 bits per heavy atom. The van der Waals surface area contributed by atoms with E-state index in [1.807, 2.05) is 38.1 Å². The molecule has 3 rings (SSSR count). The largest absolute Gasteiger partial charge is 0.338 e. The van der Waals surface area contributed by atoms with E-state index in [4.69, 9.17) is 4.52 Å². The first-order valence-electron chi connectivity index (χ1n) is 7.13. The molecule has 3 aromatic rings. The predicted molar refractivity (Wildman–Crippen MR) is 86.5 cm³/mol. The maximum Gasteiger partial charge on any atom is 0.242 e. The summed E-state index contributed by atoms with van der Waals surface area (Å²) in [5.74, 6) is 0.166. The van der Waals surface area contributed by atoms with E-state index in [9.17, 15) is 8.42 Å². The lowest BCUT2D eigenvalue weighted by Gasteiger charge is -2.01. The average Bonchev–Trinajstić information content (AvgIpc) is 2.95. The normalized spacial score (nSPS) is 11.6. The predicted octanol–water partition coefficient (Wildman–Crippen LogP) is 3.33. The number of aromatic nitrogens is 2. The molecule has 0 aliphatic rings. The molecule has 0 aliphatic heterocycles. The van der Waals surface area contributed by atoms with Crippen LogP contribution in [-0.2, 0) is 15.6 Å². The van der Waals surface area contributed by atoms with Crippen molar-refractivity contribution >= 4 is 9.84 Å². The van der Waals surface area contributed by atoms with Crippen molar-refractivity contribution in [1.82, 2.24) is 10.1 Å². The Morgan fingerprint density at radius 1 is 1.00 bits per heavy atom. The lowest BCUT2D eigenvalue weighted by atomic mass is 10.1. The highest BCUT2D eigenvalue weighted by Crippen LogP contribution is 2.20. The number of hydrogen-bond donors (Lipinski definition) is 0. The van der Waals surface area contributed by atoms with Gasteiger partial charge in [-0.2, -0.15) is 4.98 Å². The van der Waals surface area contributed by atoms with Gasteiger partial charge in [0, 0.05) is 5.56 Å². The summed E-state index contributed by atoms with van der Waals surface area (Å²) in [7, 11) is -3.50. The SMILES string of the molecule is Cc1ccc(S(=O)(=O)Cc2nc(-c3cccc(C)c3)no2)cc1. The van der Waals surface area contributed by atoms with E-state index in [2.05, 4.69) is 10.1 Å². The fraction of sp³-hybridized carbons (Fsp3) is 0.176. The standard InChI is InChI=1S/C17H16N2O3S/c1-12-6-8-15(9-7-12)23(20,21)11-16-18-17(19-22-16)14-5-3-4-13(2)10-14/h3-10H,11H2,1-2H3. The van der Waals surface area contributed by atoms with Crippen LogP contribution >= 0.6 is 0 Å². The van der Waals surface area contributed by atoms with Gasteiger partial charge in [0.2, 0.25) is 11.7 Å². The van der Waals surface area contributed by atoms with E-state index < -0.39 is 9.84 Å². The minimum atomic E-state index is -3.50. The second-order valence-corrected chi connectivity index (χ2v) is 7.44. The summed E-state index contributed by atoms with van der Waals surface area (Å²) in [5, 5.41) is 3.87. The molecule has 6 heteroatoms. The van der Waals surface area contributed by atoms with E-state index in [0.29, 0.717) is 5.82 Å². The van der Waals surface area contributed by atoms with Gasteiger partial charge >= 0.3 is 0 Å². The first-order valence-corrected chi connectivity index (χ1v) is 8.78. The van der Waals surface area contributed by atoms with Crippen LogP contribution in [-0.4, -0.2) is 18.6 Å². The van der Waals surface area contributed by atoms with Crippen molar-refractivity contribution in [2.45, 2.75) is 24.5 Å². The molecule has 0 unspecified atom stereocenters. The van der Waals surface area contributed by atoms with Gasteiger partial charge in [0.15, 0.2) is 9.84 Å². The van der Waals surface area contributed by atoms with Crippen LogP contribution in [0.2, 0.25) is 0 Å². The molecule has 0 bridgehead atoms. The van der Waals surface area contributed by atoms with Crippen LogP contribution in [0.25, 0.3) is 11.4 Å². The smallest absolute Gasteiger partial charge is 0.242 e. The molecule has 2 aromatic carbocycles. The molecule has 5 nitrogen and oxygen atoms in total. The zero-order valence-electron chi connectivity index (χ0n) is 12.9. The van der Waals surface area contributed by atoms with Gasteiger partial charge in [-0.15, -0.1) is 0 Å². The molecule has 0 saturated heterocycles. The van der Waals surface area contributed by atoms with Crippen LogP contribution in [0.5, 0.6) is 0 Å². The number of rotatable bonds is 4. The molecule has 1 aromatic heterocycles. The van der Waals surface area contributed by atoms with E-state index in [1.54, 1.807) is 24.3 Å². The Balaban J connectivity index is 1.85. The van der Waals surface area contributed by atoms with E-state index >= 15 is 0 Å². The summed E-state index contributed by atoms with van der Waals surface area (Å²) in [6, 6.07) is 14.3. The molecule has 0 amide bonds. The Hall–Kier alpha value is -2.47. The summed E-state index contributed by atoms with van der Waals surface area (Å²) >= 11 is 0. The summed E-state index contributed by atoms with van der Waals surface area (Å²) in [5.41, 5.74) is 2.87. The lowest BCUT2D eigenvalue weighted by molar-refractivity contribution is 0.389. The molecular weight excluding hydrogens is 312 g/mol. The molecule has 0 spiro atoms. The van der Waals surface area contributed by atoms with Crippen LogP contribution < -0.4 is 0 Å². The highest BCUT2D eigenvalue weighted by atomic mass is 32.2. The lowest BCUT2D eigenvalue weighted by Crippen LogP contribution is -2.05. The maximum atomic E-state index is 12.4. The van der Waals surface area contributed by atoms with Gasteiger partial charge in [-0.25, -0.2) is 8.42 Å². The summed E-state index contributed by atoms with van der Waals surface area (Å²) < 4.78 is 29.9. The van der Waals surface area contributed by atoms with Crippen LogP contribution in [0.4, 0.5) is 0 Å². The number of hydrogen-bond acceptors (Lipinski definition) is 5. The van der Waals surface area contributed by atoms with E-state index in [1.165, 1.54) is 0 Å². The Labute approximate surface area is 134 Å². The molecule has 118 valence electrons. The average molecular weight is 328 g/mol. The van der Waals surface area contributed by atoms with Gasteiger partial charge in [0.1, 0.15) is 5.75 Å². The third-order valence-electron chi connectivity index (χ3n) is 3.44. The van der Waals surface area contributed by atoms with Gasteiger partial charge in [0.05, 0.1) is 4.90 Å². The van der Waals surface area contributed by atoms with Crippen LogP contribution in [0, 0.1) is 13.8 Å². The molecule has 0 fully saturated rings. The van der Waals surface area contributed by atoms with E-state index in [-0.39, 0.29) is 16.5 Å². The number of sulfone groups is 1. The van der Waals surface area contributed by atoms with Crippen molar-refractivity contribution in [3.8, 4) is 11.4 Å². The zero-order valence-corrected chi connectivity index (χ0v) is 13.7. The van der Waals surface area contributed by atoms with Crippen LogP contribution in [0.15, 0.2) is 57.9 Å². The zero-order chi connectivity index (χ0) is 16.4. The highest BCUT2D eigenvalue weighted by Gasteiger charge is 2.20. The molecule has 0 radical (unpaired) electrons. The van der Waals surface area contributed by atoms with Crippen LogP contribution in [0.1, 0.15) is 17.0 Å². The second-order valence-electron chi connectivity index (χ2n) is 5.45. The van der Waals surface area contributed by atoms with Gasteiger partial charge in [-0.3, -0.25) is 0 Å². The molecule has 0 N–H and O–H groups in total. The minimum Gasteiger partial charge on any atom is -0.338 e. The quantitative estimate of drug-likeness (QED) is 0.734. The van der Waals surface area contributed by atoms with Gasteiger partial charge in [0.25, 0.3) is 0 Å². The van der Waals surface area contributed by atoms with Crippen molar-refractivity contribution in [2.24, 2.45) is 0 Å². The maximum absolute atomic E-state index is 12.4.